The topological polar surface area (TPSA) is 86.1 Å². The Morgan fingerprint density at radius 1 is 1.18 bits per heavy atom. The number of methoxy groups -OCH3 is 1. The minimum atomic E-state index is -4.48. The molecule has 10 heteroatoms. The van der Waals surface area contributed by atoms with Gasteiger partial charge in [-0.25, -0.2) is 4.79 Å². The molecule has 0 bridgehead atoms. The van der Waals surface area contributed by atoms with Crippen LogP contribution in [0, 0.1) is 0 Å². The fourth-order valence-electron chi connectivity index (χ4n) is 3.61. The van der Waals surface area contributed by atoms with Crippen LogP contribution in [0.4, 0.5) is 18.9 Å². The molecule has 0 radical (unpaired) electrons. The van der Waals surface area contributed by atoms with Gasteiger partial charge in [-0.1, -0.05) is 25.1 Å². The second-order valence-corrected chi connectivity index (χ2v) is 7.09. The third-order valence-corrected chi connectivity index (χ3v) is 5.04. The Balaban J connectivity index is 2.17. The van der Waals surface area contributed by atoms with Gasteiger partial charge in [0.2, 0.25) is 6.29 Å². The second-order valence-electron chi connectivity index (χ2n) is 7.09. The van der Waals surface area contributed by atoms with Crippen LogP contribution in [0.5, 0.6) is 5.75 Å². The van der Waals surface area contributed by atoms with E-state index in [9.17, 15) is 27.6 Å². The zero-order valence-electron chi connectivity index (χ0n) is 17.9. The molecule has 1 aromatic carbocycles. The average molecular weight is 462 g/mol. The zero-order chi connectivity index (χ0) is 24.2. The number of carbonyl (C=O) groups excluding carboxylic acids is 3. The van der Waals surface area contributed by atoms with Crippen LogP contribution in [-0.4, -0.2) is 36.3 Å². The molecule has 0 atom stereocenters. The molecule has 0 aliphatic carbocycles. The number of halogens is 3. The number of esters is 1. The van der Waals surface area contributed by atoms with Gasteiger partial charge in [-0.3, -0.25) is 9.59 Å². The summed E-state index contributed by atoms with van der Waals surface area (Å²) in [6, 6.07) is 8.19. The molecule has 174 valence electrons. The number of anilines is 1. The van der Waals surface area contributed by atoms with Crippen LogP contribution in [0.2, 0.25) is 0 Å². The van der Waals surface area contributed by atoms with Gasteiger partial charge in [0.05, 0.1) is 18.4 Å². The van der Waals surface area contributed by atoms with Crippen LogP contribution in [0.25, 0.3) is 5.52 Å². The summed E-state index contributed by atoms with van der Waals surface area (Å²) in [6.45, 7) is 1.42. The predicted octanol–water partition coefficient (Wildman–Crippen LogP) is 3.80. The standard InChI is InChI=1S/C23H21F3N2O5/c1-3-16-17(11-14-6-4-7-15(10-14)23(24,25)26)28-9-5-8-18(33-13-20(31)32-2)22(28)21(16)27-19(30)12-29/h4-10,12H,3,11,13H2,1-2H3,(H,27,30). The molecule has 2 heterocycles. The van der Waals surface area contributed by atoms with Gasteiger partial charge in [0.15, 0.2) is 6.61 Å². The predicted molar refractivity (Wildman–Crippen MR) is 113 cm³/mol. The Morgan fingerprint density at radius 3 is 2.58 bits per heavy atom. The number of ether oxygens (including phenoxy) is 2. The molecule has 0 aliphatic rings. The van der Waals surface area contributed by atoms with Crippen LogP contribution in [-0.2, 0) is 38.1 Å². The van der Waals surface area contributed by atoms with Crippen molar-refractivity contribution in [3.8, 4) is 5.75 Å². The summed E-state index contributed by atoms with van der Waals surface area (Å²) in [6.07, 6.45) is -2.18. The summed E-state index contributed by atoms with van der Waals surface area (Å²) in [7, 11) is 1.21. The molecular weight excluding hydrogens is 441 g/mol. The molecule has 0 fully saturated rings. The van der Waals surface area contributed by atoms with Crippen molar-refractivity contribution in [2.24, 2.45) is 0 Å². The number of benzene rings is 1. The van der Waals surface area contributed by atoms with Gasteiger partial charge in [0.1, 0.15) is 11.3 Å². The minimum absolute atomic E-state index is 0.117. The lowest BCUT2D eigenvalue weighted by molar-refractivity contribution is -0.143. The number of nitrogens with one attached hydrogen (secondary N) is 1. The first kappa shape index (κ1) is 23.8. The molecule has 0 unspecified atom stereocenters. The summed E-state index contributed by atoms with van der Waals surface area (Å²) in [5.41, 5.74) is 1.53. The van der Waals surface area contributed by atoms with Crippen molar-refractivity contribution in [2.75, 3.05) is 19.0 Å². The van der Waals surface area contributed by atoms with Crippen molar-refractivity contribution < 1.29 is 37.0 Å². The Hall–Kier alpha value is -3.82. The normalized spacial score (nSPS) is 11.3. The molecule has 0 spiro atoms. The quantitative estimate of drug-likeness (QED) is 0.313. The number of aromatic nitrogens is 1. The van der Waals surface area contributed by atoms with E-state index < -0.39 is 30.2 Å². The Kier molecular flexibility index (Phi) is 7.05. The van der Waals surface area contributed by atoms with Crippen LogP contribution in [0.1, 0.15) is 29.3 Å². The Morgan fingerprint density at radius 2 is 1.94 bits per heavy atom. The lowest BCUT2D eigenvalue weighted by atomic mass is 10.0. The molecule has 0 saturated heterocycles. The van der Waals surface area contributed by atoms with E-state index in [2.05, 4.69) is 10.1 Å². The molecule has 0 saturated carbocycles. The Bertz CT molecular complexity index is 1200. The number of amides is 1. The molecular formula is C23H21F3N2O5. The first-order valence-electron chi connectivity index (χ1n) is 9.96. The highest BCUT2D eigenvalue weighted by molar-refractivity contribution is 6.30. The zero-order valence-corrected chi connectivity index (χ0v) is 17.9. The number of nitrogens with zero attached hydrogens (tertiary/aromatic N) is 1. The molecule has 1 amide bonds. The summed E-state index contributed by atoms with van der Waals surface area (Å²) in [4.78, 5) is 34.5. The third kappa shape index (κ3) is 5.16. The maximum absolute atomic E-state index is 13.2. The minimum Gasteiger partial charge on any atom is -0.480 e. The van der Waals surface area contributed by atoms with Crippen LogP contribution >= 0.6 is 0 Å². The molecule has 3 rings (SSSR count). The van der Waals surface area contributed by atoms with E-state index in [1.54, 1.807) is 28.8 Å². The lowest BCUT2D eigenvalue weighted by Crippen LogP contribution is -2.15. The highest BCUT2D eigenvalue weighted by atomic mass is 19.4. The smallest absolute Gasteiger partial charge is 0.416 e. The highest BCUT2D eigenvalue weighted by Gasteiger charge is 2.30. The number of fused-ring (bicyclic) bond motifs is 1. The van der Waals surface area contributed by atoms with Crippen LogP contribution in [0.3, 0.4) is 0 Å². The van der Waals surface area contributed by atoms with Crippen LogP contribution in [0.15, 0.2) is 42.6 Å². The monoisotopic (exact) mass is 462 g/mol. The van der Waals surface area contributed by atoms with E-state index in [0.717, 1.165) is 12.1 Å². The SMILES string of the molecule is CCc1c(NC(=O)C=O)c2c(OCC(=O)OC)cccn2c1Cc1cccc(C(F)(F)F)c1. The van der Waals surface area contributed by atoms with E-state index >= 15 is 0 Å². The van der Waals surface area contributed by atoms with Gasteiger partial charge >= 0.3 is 12.1 Å². The number of carbonyl (C=O) groups is 3. The number of rotatable bonds is 8. The number of alkyl halides is 3. The maximum atomic E-state index is 13.2. The molecule has 3 aromatic rings. The fraction of sp³-hybridized carbons (Fsp3) is 0.261. The molecule has 1 N–H and O–H groups in total. The van der Waals surface area contributed by atoms with E-state index in [0.29, 0.717) is 28.8 Å². The van der Waals surface area contributed by atoms with Crippen molar-refractivity contribution in [3.63, 3.8) is 0 Å². The first-order valence-corrected chi connectivity index (χ1v) is 9.96. The van der Waals surface area contributed by atoms with Gasteiger partial charge in [-0.15, -0.1) is 0 Å². The summed E-state index contributed by atoms with van der Waals surface area (Å²) in [5.74, 6) is -1.29. The van der Waals surface area contributed by atoms with E-state index in [4.69, 9.17) is 4.74 Å². The Labute approximate surface area is 187 Å². The maximum Gasteiger partial charge on any atom is 0.416 e. The van der Waals surface area contributed by atoms with Crippen molar-refractivity contribution in [2.45, 2.75) is 25.9 Å². The van der Waals surface area contributed by atoms with Gasteiger partial charge in [-0.05, 0) is 35.7 Å². The highest BCUT2D eigenvalue weighted by Crippen LogP contribution is 2.37. The molecule has 7 nitrogen and oxygen atoms in total. The summed E-state index contributed by atoms with van der Waals surface area (Å²) in [5, 5.41) is 2.53. The number of hydrogen-bond acceptors (Lipinski definition) is 5. The van der Waals surface area contributed by atoms with Crippen molar-refractivity contribution in [3.05, 3.63) is 65.0 Å². The number of pyridine rings is 1. The third-order valence-electron chi connectivity index (χ3n) is 5.04. The van der Waals surface area contributed by atoms with Crippen molar-refractivity contribution in [1.82, 2.24) is 4.40 Å². The average Bonchev–Trinajstić information content (AvgIpc) is 3.09. The van der Waals surface area contributed by atoms with Crippen molar-refractivity contribution >= 4 is 29.4 Å². The van der Waals surface area contributed by atoms with E-state index in [1.165, 1.54) is 13.2 Å². The van der Waals surface area contributed by atoms with Crippen molar-refractivity contribution in [1.29, 1.82) is 0 Å². The van der Waals surface area contributed by atoms with E-state index in [1.807, 2.05) is 6.92 Å². The summed E-state index contributed by atoms with van der Waals surface area (Å²) >= 11 is 0. The van der Waals surface area contributed by atoms with Gasteiger partial charge in [0, 0.05) is 18.3 Å². The van der Waals surface area contributed by atoms with Gasteiger partial charge in [0.25, 0.3) is 5.91 Å². The largest absolute Gasteiger partial charge is 0.480 e. The number of aldehydes is 1. The molecule has 0 aliphatic heterocycles. The van der Waals surface area contributed by atoms with E-state index in [-0.39, 0.29) is 24.1 Å². The first-order chi connectivity index (χ1) is 15.7. The molecule has 2 aromatic heterocycles. The number of hydrogen-bond donors (Lipinski definition) is 1. The second kappa shape index (κ2) is 9.76. The lowest BCUT2D eigenvalue weighted by Gasteiger charge is -2.11. The van der Waals surface area contributed by atoms with Gasteiger partial charge in [-0.2, -0.15) is 13.2 Å². The summed E-state index contributed by atoms with van der Waals surface area (Å²) < 4.78 is 51.4. The van der Waals surface area contributed by atoms with Crippen LogP contribution < -0.4 is 10.1 Å². The van der Waals surface area contributed by atoms with Gasteiger partial charge < -0.3 is 19.2 Å². The fourth-order valence-corrected chi connectivity index (χ4v) is 3.61. The molecule has 33 heavy (non-hydrogen) atoms.